The molecule has 2 rings (SSSR count). The van der Waals surface area contributed by atoms with Gasteiger partial charge >= 0.3 is 0 Å². The molecular weight excluding hydrogens is 248 g/mol. The van der Waals surface area contributed by atoms with Crippen LogP contribution < -0.4 is 16.2 Å². The van der Waals surface area contributed by atoms with E-state index < -0.39 is 4.92 Å². The van der Waals surface area contributed by atoms with Gasteiger partial charge in [0, 0.05) is 24.4 Å². The molecule has 0 aromatic heterocycles. The first-order valence-corrected chi connectivity index (χ1v) is 6.29. The highest BCUT2D eigenvalue weighted by atomic mass is 16.6. The van der Waals surface area contributed by atoms with Crippen LogP contribution >= 0.6 is 0 Å². The van der Waals surface area contributed by atoms with Crippen LogP contribution in [0.5, 0.6) is 0 Å². The molecule has 1 aromatic rings. The van der Waals surface area contributed by atoms with Crippen molar-refractivity contribution in [3.8, 4) is 0 Å². The normalized spacial score (nSPS) is 19.3. The van der Waals surface area contributed by atoms with Gasteiger partial charge in [0.15, 0.2) is 0 Å². The first-order valence-electron chi connectivity index (χ1n) is 6.29. The number of aliphatic hydroxyl groups is 1. The molecule has 1 aromatic carbocycles. The van der Waals surface area contributed by atoms with Crippen molar-refractivity contribution < 1.29 is 10.0 Å². The summed E-state index contributed by atoms with van der Waals surface area (Å²) in [7, 11) is 0. The molecule has 0 aliphatic carbocycles. The average Bonchev–Trinajstić information content (AvgIpc) is 2.46. The van der Waals surface area contributed by atoms with E-state index in [1.54, 1.807) is 6.07 Å². The van der Waals surface area contributed by atoms with Crippen molar-refractivity contribution in [2.45, 2.75) is 25.3 Å². The summed E-state index contributed by atoms with van der Waals surface area (Å²) in [6, 6.07) is 4.69. The number of nitrogens with two attached hydrogens (primary N) is 1. The summed E-state index contributed by atoms with van der Waals surface area (Å²) >= 11 is 0. The van der Waals surface area contributed by atoms with Gasteiger partial charge in [-0.2, -0.15) is 0 Å². The summed E-state index contributed by atoms with van der Waals surface area (Å²) in [6.45, 7) is 0.838. The fourth-order valence-electron chi connectivity index (χ4n) is 2.48. The highest BCUT2D eigenvalue weighted by Gasteiger charge is 2.23. The molecule has 1 atom stereocenters. The first kappa shape index (κ1) is 13.6. The van der Waals surface area contributed by atoms with Crippen molar-refractivity contribution in [2.75, 3.05) is 23.5 Å². The van der Waals surface area contributed by atoms with Crippen molar-refractivity contribution in [1.29, 1.82) is 0 Å². The number of aliphatic hydroxyl groups excluding tert-OH is 1. The maximum Gasteiger partial charge on any atom is 0.273 e. The van der Waals surface area contributed by atoms with E-state index in [1.165, 1.54) is 12.1 Å². The third kappa shape index (κ3) is 2.94. The number of nitrogens with zero attached hydrogens (tertiary/aromatic N) is 2. The number of nitrogens with one attached hydrogen (secondary N) is 1. The van der Waals surface area contributed by atoms with E-state index in [-0.39, 0.29) is 18.3 Å². The molecular formula is C12H18N4O3. The van der Waals surface area contributed by atoms with E-state index in [0.717, 1.165) is 31.5 Å². The summed E-state index contributed by atoms with van der Waals surface area (Å²) < 4.78 is 0. The molecule has 1 unspecified atom stereocenters. The van der Waals surface area contributed by atoms with Gasteiger partial charge in [0.25, 0.3) is 5.69 Å². The van der Waals surface area contributed by atoms with Gasteiger partial charge in [0.2, 0.25) is 0 Å². The molecule has 0 saturated carbocycles. The monoisotopic (exact) mass is 266 g/mol. The Morgan fingerprint density at radius 3 is 2.89 bits per heavy atom. The van der Waals surface area contributed by atoms with E-state index in [1.807, 2.05) is 4.90 Å². The van der Waals surface area contributed by atoms with Crippen LogP contribution in [0.1, 0.15) is 19.3 Å². The number of rotatable bonds is 4. The predicted octanol–water partition coefficient (Wildman–Crippen LogP) is 1.23. The maximum absolute atomic E-state index is 10.9. The van der Waals surface area contributed by atoms with E-state index in [4.69, 9.17) is 5.84 Å². The number of hydrogen-bond donors (Lipinski definition) is 3. The second kappa shape index (κ2) is 5.85. The zero-order valence-corrected chi connectivity index (χ0v) is 10.6. The van der Waals surface area contributed by atoms with Gasteiger partial charge in [-0.25, -0.2) is 0 Å². The molecule has 0 amide bonds. The SMILES string of the molecule is NNc1cc(N2CCCCC2CO)cc([N+](=O)[O-])c1. The second-order valence-electron chi connectivity index (χ2n) is 4.67. The van der Waals surface area contributed by atoms with Gasteiger partial charge in [-0.3, -0.25) is 16.0 Å². The van der Waals surface area contributed by atoms with Gasteiger partial charge in [0.05, 0.1) is 23.3 Å². The molecule has 1 fully saturated rings. The van der Waals surface area contributed by atoms with Gasteiger partial charge < -0.3 is 15.4 Å². The topological polar surface area (TPSA) is 105 Å². The molecule has 0 bridgehead atoms. The number of non-ortho nitro benzene ring substituents is 1. The fourth-order valence-corrected chi connectivity index (χ4v) is 2.48. The number of nitro groups is 1. The van der Waals surface area contributed by atoms with Gasteiger partial charge in [-0.15, -0.1) is 0 Å². The highest BCUT2D eigenvalue weighted by Crippen LogP contribution is 2.30. The molecule has 1 aliphatic heterocycles. The number of piperidine rings is 1. The van der Waals surface area contributed by atoms with Crippen molar-refractivity contribution >= 4 is 17.1 Å². The quantitative estimate of drug-likeness (QED) is 0.430. The van der Waals surface area contributed by atoms with E-state index in [0.29, 0.717) is 5.69 Å². The minimum Gasteiger partial charge on any atom is -0.394 e. The molecule has 1 heterocycles. The Balaban J connectivity index is 2.36. The zero-order chi connectivity index (χ0) is 13.8. The smallest absolute Gasteiger partial charge is 0.273 e. The molecule has 7 heteroatoms. The maximum atomic E-state index is 10.9. The lowest BCUT2D eigenvalue weighted by atomic mass is 10.0. The zero-order valence-electron chi connectivity index (χ0n) is 10.6. The number of anilines is 2. The summed E-state index contributed by atoms with van der Waals surface area (Å²) in [4.78, 5) is 12.5. The number of benzene rings is 1. The third-order valence-electron chi connectivity index (χ3n) is 3.45. The lowest BCUT2D eigenvalue weighted by Gasteiger charge is -2.36. The molecule has 4 N–H and O–H groups in total. The highest BCUT2D eigenvalue weighted by molar-refractivity contribution is 5.64. The molecule has 1 saturated heterocycles. The van der Waals surface area contributed by atoms with Crippen LogP contribution in [-0.2, 0) is 0 Å². The Morgan fingerprint density at radius 1 is 1.47 bits per heavy atom. The summed E-state index contributed by atoms with van der Waals surface area (Å²) in [6.07, 6.45) is 2.98. The number of nitro benzene ring substituents is 1. The fraction of sp³-hybridized carbons (Fsp3) is 0.500. The largest absolute Gasteiger partial charge is 0.394 e. The van der Waals surface area contributed by atoms with Gasteiger partial charge in [-0.1, -0.05) is 0 Å². The standard InChI is InChI=1S/C12H18N4O3/c13-14-9-5-11(7-12(6-9)16(18)19)15-4-2-1-3-10(15)8-17/h5-7,10,14,17H,1-4,8,13H2. The number of nitrogen functional groups attached to an aromatic ring is 1. The lowest BCUT2D eigenvalue weighted by molar-refractivity contribution is -0.384. The third-order valence-corrected chi connectivity index (χ3v) is 3.45. The Morgan fingerprint density at radius 2 is 2.26 bits per heavy atom. The van der Waals surface area contributed by atoms with E-state index >= 15 is 0 Å². The molecule has 0 spiro atoms. The Labute approximate surface area is 111 Å². The minimum absolute atomic E-state index is 0.00675. The van der Waals surface area contributed by atoms with Crippen LogP contribution in [0.25, 0.3) is 0 Å². The number of hydrogen-bond acceptors (Lipinski definition) is 6. The van der Waals surface area contributed by atoms with Crippen LogP contribution in [-0.4, -0.2) is 29.2 Å². The van der Waals surface area contributed by atoms with Gasteiger partial charge in [0.1, 0.15) is 0 Å². The molecule has 104 valence electrons. The molecule has 19 heavy (non-hydrogen) atoms. The molecule has 7 nitrogen and oxygen atoms in total. The van der Waals surface area contributed by atoms with Crippen LogP contribution in [0.2, 0.25) is 0 Å². The minimum atomic E-state index is -0.442. The second-order valence-corrected chi connectivity index (χ2v) is 4.67. The summed E-state index contributed by atoms with van der Waals surface area (Å²) in [5.41, 5.74) is 3.65. The summed E-state index contributed by atoms with van der Waals surface area (Å²) in [5.74, 6) is 5.34. The number of hydrazine groups is 1. The van der Waals surface area contributed by atoms with Gasteiger partial charge in [-0.05, 0) is 25.3 Å². The van der Waals surface area contributed by atoms with Crippen molar-refractivity contribution in [1.82, 2.24) is 0 Å². The predicted molar refractivity (Wildman–Crippen MR) is 73.0 cm³/mol. The first-order chi connectivity index (χ1) is 9.15. The van der Waals surface area contributed by atoms with Crippen molar-refractivity contribution in [3.05, 3.63) is 28.3 Å². The summed E-state index contributed by atoms with van der Waals surface area (Å²) in [5, 5.41) is 20.3. The molecule has 1 aliphatic rings. The lowest BCUT2D eigenvalue weighted by Crippen LogP contribution is -2.41. The average molecular weight is 266 g/mol. The van der Waals surface area contributed by atoms with Crippen LogP contribution in [0, 0.1) is 10.1 Å². The van der Waals surface area contributed by atoms with Crippen molar-refractivity contribution in [2.24, 2.45) is 5.84 Å². The van der Waals surface area contributed by atoms with E-state index in [9.17, 15) is 15.2 Å². The van der Waals surface area contributed by atoms with E-state index in [2.05, 4.69) is 5.43 Å². The Kier molecular flexibility index (Phi) is 4.18. The van der Waals surface area contributed by atoms with Crippen molar-refractivity contribution in [3.63, 3.8) is 0 Å². The Bertz CT molecular complexity index is 466. The van der Waals surface area contributed by atoms with Crippen LogP contribution in [0.4, 0.5) is 17.1 Å². The van der Waals surface area contributed by atoms with Crippen LogP contribution in [0.3, 0.4) is 0 Å². The Hall–Kier alpha value is -1.86. The van der Waals surface area contributed by atoms with Crippen LogP contribution in [0.15, 0.2) is 18.2 Å². The molecule has 0 radical (unpaired) electrons.